The summed E-state index contributed by atoms with van der Waals surface area (Å²) in [6.07, 6.45) is 5.47. The highest BCUT2D eigenvalue weighted by Gasteiger charge is 2.11. The Hall–Kier alpha value is -3.62. The summed E-state index contributed by atoms with van der Waals surface area (Å²) < 4.78 is 0. The molecule has 1 N–H and O–H groups in total. The molecule has 1 aromatic heterocycles. The minimum Gasteiger partial charge on any atom is -0.354 e. The third kappa shape index (κ3) is 9.20. The first-order valence-electron chi connectivity index (χ1n) is 11.9. The maximum Gasteiger partial charge on any atom is 0.0607 e. The highest BCUT2D eigenvalue weighted by atomic mass is 35.5. The van der Waals surface area contributed by atoms with Crippen LogP contribution in [0.25, 0.3) is 28.5 Å². The van der Waals surface area contributed by atoms with Gasteiger partial charge in [0.05, 0.1) is 11.4 Å². The van der Waals surface area contributed by atoms with Crippen LogP contribution in [0.3, 0.4) is 0 Å². The van der Waals surface area contributed by atoms with Crippen LogP contribution in [0, 0.1) is 13.8 Å². The molecule has 0 atom stereocenters. The summed E-state index contributed by atoms with van der Waals surface area (Å²) in [6, 6.07) is 14.2. The summed E-state index contributed by atoms with van der Waals surface area (Å²) in [5, 5.41) is 4.18. The van der Waals surface area contributed by atoms with Crippen molar-refractivity contribution < 1.29 is 0 Å². The number of allylic oxidation sites excluding steroid dienone is 2. The second kappa shape index (κ2) is 16.9. The van der Waals surface area contributed by atoms with Crippen LogP contribution in [0.15, 0.2) is 94.2 Å². The predicted molar refractivity (Wildman–Crippen MR) is 167 cm³/mol. The molecular weight excluding hydrogens is 460 g/mol. The number of anilines is 1. The maximum absolute atomic E-state index is 6.11. The molecule has 36 heavy (non-hydrogen) atoms. The van der Waals surface area contributed by atoms with Gasteiger partial charge in [-0.05, 0) is 74.2 Å². The molecule has 0 unspecified atom stereocenters. The highest BCUT2D eigenvalue weighted by Crippen LogP contribution is 2.31. The van der Waals surface area contributed by atoms with Crippen LogP contribution in [0.5, 0.6) is 0 Å². The first-order chi connectivity index (χ1) is 17.2. The van der Waals surface area contributed by atoms with Crippen LogP contribution in [-0.2, 0) is 0 Å². The Morgan fingerprint density at radius 2 is 1.58 bits per heavy atom. The molecule has 3 aromatic rings. The lowest BCUT2D eigenvalue weighted by atomic mass is 9.98. The van der Waals surface area contributed by atoms with Crippen molar-refractivity contribution in [2.24, 2.45) is 0 Å². The summed E-state index contributed by atoms with van der Waals surface area (Å²) in [7, 11) is 0. The molecule has 0 aliphatic rings. The number of benzene rings is 2. The lowest BCUT2D eigenvalue weighted by molar-refractivity contribution is 1.20. The van der Waals surface area contributed by atoms with Gasteiger partial charge < -0.3 is 5.32 Å². The van der Waals surface area contributed by atoms with Crippen LogP contribution in [0.2, 0.25) is 5.02 Å². The molecule has 190 valence electrons. The smallest absolute Gasteiger partial charge is 0.0607 e. The summed E-state index contributed by atoms with van der Waals surface area (Å²) in [4.78, 5) is 4.58. The van der Waals surface area contributed by atoms with Crippen molar-refractivity contribution in [3.63, 3.8) is 0 Å². The van der Waals surface area contributed by atoms with Gasteiger partial charge >= 0.3 is 0 Å². The van der Waals surface area contributed by atoms with Gasteiger partial charge in [0.1, 0.15) is 0 Å². The molecule has 3 heteroatoms. The average molecular weight is 501 g/mol. The van der Waals surface area contributed by atoms with Gasteiger partial charge in [-0.15, -0.1) is 19.7 Å². The van der Waals surface area contributed by atoms with E-state index in [0.29, 0.717) is 0 Å². The van der Waals surface area contributed by atoms with Crippen LogP contribution < -0.4 is 5.32 Å². The zero-order valence-corrected chi connectivity index (χ0v) is 23.6. The molecule has 0 amide bonds. The van der Waals surface area contributed by atoms with Crippen molar-refractivity contribution in [3.05, 3.63) is 127 Å². The van der Waals surface area contributed by atoms with Crippen molar-refractivity contribution in [1.82, 2.24) is 4.98 Å². The van der Waals surface area contributed by atoms with Gasteiger partial charge in [0, 0.05) is 28.0 Å². The van der Waals surface area contributed by atoms with E-state index in [4.69, 9.17) is 11.6 Å². The first-order valence-corrected chi connectivity index (χ1v) is 12.3. The molecule has 0 aliphatic carbocycles. The Labute approximate surface area is 224 Å². The molecule has 2 nitrogen and oxygen atoms in total. The summed E-state index contributed by atoms with van der Waals surface area (Å²) >= 11 is 6.11. The Kier molecular flexibility index (Phi) is 15.2. The Morgan fingerprint density at radius 1 is 0.972 bits per heavy atom. The fourth-order valence-electron chi connectivity index (χ4n) is 3.25. The van der Waals surface area contributed by atoms with E-state index in [1.54, 1.807) is 6.08 Å². The number of nitrogens with zero attached hydrogens (tertiary/aromatic N) is 1. The molecule has 1 heterocycles. The van der Waals surface area contributed by atoms with Crippen molar-refractivity contribution in [3.8, 4) is 11.1 Å². The standard InChI is InChI=1S/C26H25ClN2.C3H6.C2H6.C2H4/c1-7-20-8-9-21(16(2)3)13-25(20)18(5)29-26-14-22(15-28-19(26)6)24-11-10-23(27)12-17(24)4;1-3-2;2*1-2/h7-15,29H,1-2,5H2,3-4,6H3;3H,1H2,2H3;1-2H3;1-2H2. The van der Waals surface area contributed by atoms with E-state index in [-0.39, 0.29) is 0 Å². The molecular formula is C33H41ClN2. The number of halogens is 1. The van der Waals surface area contributed by atoms with E-state index in [0.717, 1.165) is 61.1 Å². The number of rotatable bonds is 6. The molecule has 2 aromatic carbocycles. The Balaban J connectivity index is 0.00000159. The van der Waals surface area contributed by atoms with Crippen molar-refractivity contribution in [2.75, 3.05) is 5.32 Å². The maximum atomic E-state index is 6.11. The quantitative estimate of drug-likeness (QED) is 0.340. The number of aryl methyl sites for hydroxylation is 2. The minimum atomic E-state index is 0.729. The van der Waals surface area contributed by atoms with E-state index in [1.165, 1.54) is 0 Å². The fourth-order valence-corrected chi connectivity index (χ4v) is 3.48. The van der Waals surface area contributed by atoms with Crippen LogP contribution in [0.4, 0.5) is 5.69 Å². The van der Waals surface area contributed by atoms with Crippen molar-refractivity contribution in [2.45, 2.75) is 41.5 Å². The topological polar surface area (TPSA) is 24.9 Å². The zero-order valence-electron chi connectivity index (χ0n) is 22.8. The van der Waals surface area contributed by atoms with Crippen LogP contribution in [-0.4, -0.2) is 4.98 Å². The van der Waals surface area contributed by atoms with E-state index >= 15 is 0 Å². The Morgan fingerprint density at radius 3 is 2.11 bits per heavy atom. The molecule has 0 radical (unpaired) electrons. The van der Waals surface area contributed by atoms with Gasteiger partial charge in [0.25, 0.3) is 0 Å². The summed E-state index contributed by atoms with van der Waals surface area (Å²) in [5.74, 6) is 0. The summed E-state index contributed by atoms with van der Waals surface area (Å²) in [6.45, 7) is 33.5. The molecule has 0 bridgehead atoms. The third-order valence-corrected chi connectivity index (χ3v) is 5.20. The normalized spacial score (nSPS) is 9.08. The van der Waals surface area contributed by atoms with E-state index in [9.17, 15) is 0 Å². The molecule has 0 spiro atoms. The number of aromatic nitrogens is 1. The molecule has 0 aliphatic heterocycles. The summed E-state index contributed by atoms with van der Waals surface area (Å²) in [5.41, 5.74) is 9.94. The van der Waals surface area contributed by atoms with Gasteiger partial charge in [-0.3, -0.25) is 4.98 Å². The van der Waals surface area contributed by atoms with Crippen molar-refractivity contribution in [1.29, 1.82) is 0 Å². The monoisotopic (exact) mass is 500 g/mol. The van der Waals surface area contributed by atoms with Crippen molar-refractivity contribution >= 4 is 34.6 Å². The second-order valence-electron chi connectivity index (χ2n) is 7.61. The van der Waals surface area contributed by atoms with Crippen LogP contribution in [0.1, 0.15) is 55.6 Å². The molecule has 0 fully saturated rings. The van der Waals surface area contributed by atoms with E-state index < -0.39 is 0 Å². The highest BCUT2D eigenvalue weighted by molar-refractivity contribution is 6.30. The Bertz CT molecular complexity index is 1190. The number of hydrogen-bond donors (Lipinski definition) is 1. The molecule has 0 saturated carbocycles. The fraction of sp³-hybridized carbons (Fsp3) is 0.182. The van der Waals surface area contributed by atoms with Gasteiger partial charge in [0.15, 0.2) is 0 Å². The minimum absolute atomic E-state index is 0.729. The first kappa shape index (κ1) is 32.4. The van der Waals surface area contributed by atoms with Gasteiger partial charge in [-0.25, -0.2) is 0 Å². The predicted octanol–water partition coefficient (Wildman–Crippen LogP) is 10.8. The van der Waals surface area contributed by atoms with Gasteiger partial charge in [0.2, 0.25) is 0 Å². The third-order valence-electron chi connectivity index (χ3n) is 4.96. The lowest BCUT2D eigenvalue weighted by Gasteiger charge is -2.17. The SMILES string of the molecule is C=C.C=CC.C=Cc1ccc(C(=C)C)cc1C(=C)Nc1cc(-c2ccc(Cl)cc2C)cnc1C.CC. The van der Waals surface area contributed by atoms with Gasteiger partial charge in [-0.2, -0.15) is 0 Å². The number of hydrogen-bond acceptors (Lipinski definition) is 2. The number of pyridine rings is 1. The lowest BCUT2D eigenvalue weighted by Crippen LogP contribution is -2.03. The molecule has 3 rings (SSSR count). The zero-order chi connectivity index (χ0) is 27.8. The largest absolute Gasteiger partial charge is 0.354 e. The average Bonchev–Trinajstić information content (AvgIpc) is 2.88. The second-order valence-corrected chi connectivity index (χ2v) is 8.05. The number of nitrogens with one attached hydrogen (secondary N) is 1. The van der Waals surface area contributed by atoms with E-state index in [1.807, 2.05) is 84.1 Å². The van der Waals surface area contributed by atoms with Crippen LogP contribution >= 0.6 is 11.6 Å². The van der Waals surface area contributed by atoms with E-state index in [2.05, 4.69) is 61.9 Å². The van der Waals surface area contributed by atoms with Gasteiger partial charge in [-0.1, -0.05) is 81.1 Å². The molecule has 0 saturated heterocycles.